The Bertz CT molecular complexity index is 515. The van der Waals surface area contributed by atoms with Gasteiger partial charge in [0, 0.05) is 12.7 Å². The van der Waals surface area contributed by atoms with Crippen LogP contribution in [0, 0.1) is 6.92 Å². The van der Waals surface area contributed by atoms with Gasteiger partial charge in [-0.15, -0.1) is 0 Å². The molecule has 0 aliphatic heterocycles. The molecule has 0 aromatic carbocycles. The first-order valence-corrected chi connectivity index (χ1v) is 5.26. The number of furan rings is 1. The number of aromatic nitrogens is 2. The van der Waals surface area contributed by atoms with Crippen molar-refractivity contribution in [1.29, 1.82) is 0 Å². The summed E-state index contributed by atoms with van der Waals surface area (Å²) in [6, 6.07) is 1.70. The molecule has 6 heteroatoms. The van der Waals surface area contributed by atoms with Gasteiger partial charge in [0.05, 0.1) is 24.0 Å². The third-order valence-electron chi connectivity index (χ3n) is 2.27. The summed E-state index contributed by atoms with van der Waals surface area (Å²) in [6.45, 7) is 2.87. The molecule has 0 saturated heterocycles. The van der Waals surface area contributed by atoms with Crippen molar-refractivity contribution in [3.8, 4) is 0 Å². The van der Waals surface area contributed by atoms with Gasteiger partial charge in [0.2, 0.25) is 0 Å². The lowest BCUT2D eigenvalue weighted by Crippen LogP contribution is -2.27. The molecule has 2 rings (SSSR count). The highest BCUT2D eigenvalue weighted by atomic mass is 16.3. The molecular weight excluding hydrogens is 220 g/mol. The average Bonchev–Trinajstić information content (AvgIpc) is 2.88. The second-order valence-electron chi connectivity index (χ2n) is 3.74. The number of nitrogens with two attached hydrogens (primary N) is 1. The van der Waals surface area contributed by atoms with Gasteiger partial charge in [-0.05, 0) is 13.0 Å². The zero-order valence-electron chi connectivity index (χ0n) is 9.51. The molecule has 1 amide bonds. The molecule has 0 unspecified atom stereocenters. The van der Waals surface area contributed by atoms with Crippen molar-refractivity contribution in [2.75, 3.05) is 12.3 Å². The minimum absolute atomic E-state index is 0.151. The molecule has 2 aromatic heterocycles. The van der Waals surface area contributed by atoms with Crippen LogP contribution in [0.15, 0.2) is 29.1 Å². The summed E-state index contributed by atoms with van der Waals surface area (Å²) in [5.74, 6) is 0.567. The van der Waals surface area contributed by atoms with Gasteiger partial charge in [0.15, 0.2) is 0 Å². The fourth-order valence-corrected chi connectivity index (χ4v) is 1.45. The van der Waals surface area contributed by atoms with Crippen LogP contribution in [0.25, 0.3) is 0 Å². The molecule has 6 nitrogen and oxygen atoms in total. The summed E-state index contributed by atoms with van der Waals surface area (Å²) in [4.78, 5) is 11.6. The van der Waals surface area contributed by atoms with Gasteiger partial charge in [-0.2, -0.15) is 5.10 Å². The Hall–Kier alpha value is -2.24. The summed E-state index contributed by atoms with van der Waals surface area (Å²) in [5, 5.41) is 6.78. The van der Waals surface area contributed by atoms with Crippen LogP contribution in [0.4, 0.5) is 5.69 Å². The van der Waals surface area contributed by atoms with Crippen molar-refractivity contribution < 1.29 is 9.21 Å². The first-order chi connectivity index (χ1) is 8.15. The number of carbonyl (C=O) groups excluding carboxylic acids is 1. The Morgan fingerprint density at radius 2 is 2.47 bits per heavy atom. The highest BCUT2D eigenvalue weighted by molar-refractivity contribution is 5.93. The van der Waals surface area contributed by atoms with E-state index in [-0.39, 0.29) is 5.91 Å². The third kappa shape index (κ3) is 2.87. The Morgan fingerprint density at radius 3 is 3.06 bits per heavy atom. The Labute approximate surface area is 98.4 Å². The van der Waals surface area contributed by atoms with E-state index in [1.165, 1.54) is 6.26 Å². The van der Waals surface area contributed by atoms with E-state index in [4.69, 9.17) is 10.2 Å². The van der Waals surface area contributed by atoms with Crippen molar-refractivity contribution in [2.45, 2.75) is 13.5 Å². The topological polar surface area (TPSA) is 86.1 Å². The number of nitrogens with zero attached hydrogens (tertiary/aromatic N) is 2. The van der Waals surface area contributed by atoms with Crippen LogP contribution in [-0.2, 0) is 6.54 Å². The van der Waals surface area contributed by atoms with E-state index in [2.05, 4.69) is 10.4 Å². The summed E-state index contributed by atoms with van der Waals surface area (Å²) < 4.78 is 6.74. The van der Waals surface area contributed by atoms with Gasteiger partial charge in [0.25, 0.3) is 5.91 Å². The number of anilines is 1. The summed E-state index contributed by atoms with van der Waals surface area (Å²) in [6.07, 6.45) is 4.73. The smallest absolute Gasteiger partial charge is 0.254 e. The van der Waals surface area contributed by atoms with Gasteiger partial charge >= 0.3 is 0 Å². The number of hydrogen-bond donors (Lipinski definition) is 2. The van der Waals surface area contributed by atoms with Crippen molar-refractivity contribution >= 4 is 11.6 Å². The monoisotopic (exact) mass is 234 g/mol. The van der Waals surface area contributed by atoms with Gasteiger partial charge < -0.3 is 15.5 Å². The molecule has 17 heavy (non-hydrogen) atoms. The van der Waals surface area contributed by atoms with E-state index < -0.39 is 0 Å². The third-order valence-corrected chi connectivity index (χ3v) is 2.27. The van der Waals surface area contributed by atoms with Gasteiger partial charge in [-0.25, -0.2) is 0 Å². The number of aryl methyl sites for hydroxylation is 1. The second-order valence-corrected chi connectivity index (χ2v) is 3.74. The van der Waals surface area contributed by atoms with Gasteiger partial charge in [0.1, 0.15) is 12.0 Å². The lowest BCUT2D eigenvalue weighted by atomic mass is 10.3. The fourth-order valence-electron chi connectivity index (χ4n) is 1.45. The number of amides is 1. The molecule has 0 atom stereocenters. The number of carbonyl (C=O) groups is 1. The fraction of sp³-hybridized carbons (Fsp3) is 0.273. The normalized spacial score (nSPS) is 10.4. The van der Waals surface area contributed by atoms with Crippen LogP contribution >= 0.6 is 0 Å². The van der Waals surface area contributed by atoms with Crippen LogP contribution < -0.4 is 11.1 Å². The molecule has 0 fully saturated rings. The molecule has 0 aliphatic carbocycles. The SMILES string of the molecule is Cc1cc(C(=O)NCCn2cc(N)cn2)co1. The standard InChI is InChI=1S/C11H14N4O2/c1-8-4-9(7-17-8)11(16)13-2-3-15-6-10(12)5-14-15/h4-7H,2-3,12H2,1H3,(H,13,16). The first-order valence-electron chi connectivity index (χ1n) is 5.26. The molecular formula is C11H14N4O2. The van der Waals surface area contributed by atoms with E-state index in [0.717, 1.165) is 5.76 Å². The van der Waals surface area contributed by atoms with Gasteiger partial charge in [-0.3, -0.25) is 9.48 Å². The molecule has 0 aliphatic rings. The summed E-state index contributed by atoms with van der Waals surface area (Å²) in [7, 11) is 0. The highest BCUT2D eigenvalue weighted by Crippen LogP contribution is 2.05. The highest BCUT2D eigenvalue weighted by Gasteiger charge is 2.07. The average molecular weight is 234 g/mol. The Kier molecular flexibility index (Phi) is 3.13. The lowest BCUT2D eigenvalue weighted by molar-refractivity contribution is 0.0951. The molecule has 90 valence electrons. The maximum absolute atomic E-state index is 11.6. The first kappa shape index (κ1) is 11.3. The minimum atomic E-state index is -0.151. The van der Waals surface area contributed by atoms with E-state index in [1.54, 1.807) is 30.1 Å². The molecule has 0 bridgehead atoms. The largest absolute Gasteiger partial charge is 0.469 e. The molecule has 0 saturated carbocycles. The van der Waals surface area contributed by atoms with Crippen LogP contribution in [0.3, 0.4) is 0 Å². The maximum atomic E-state index is 11.6. The van der Waals surface area contributed by atoms with Crippen molar-refractivity contribution in [3.05, 3.63) is 36.0 Å². The molecule has 0 spiro atoms. The van der Waals surface area contributed by atoms with Crippen LogP contribution in [-0.4, -0.2) is 22.2 Å². The Balaban J connectivity index is 1.81. The van der Waals surface area contributed by atoms with Crippen LogP contribution in [0.2, 0.25) is 0 Å². The number of nitrogen functional groups attached to an aromatic ring is 1. The minimum Gasteiger partial charge on any atom is -0.469 e. The molecule has 0 radical (unpaired) electrons. The van der Waals surface area contributed by atoms with E-state index >= 15 is 0 Å². The predicted molar refractivity (Wildman–Crippen MR) is 62.4 cm³/mol. The van der Waals surface area contributed by atoms with Crippen molar-refractivity contribution in [3.63, 3.8) is 0 Å². The molecule has 2 aromatic rings. The van der Waals surface area contributed by atoms with Crippen LogP contribution in [0.1, 0.15) is 16.1 Å². The number of rotatable bonds is 4. The number of nitrogens with one attached hydrogen (secondary N) is 1. The van der Waals surface area contributed by atoms with E-state index in [1.807, 2.05) is 0 Å². The summed E-state index contributed by atoms with van der Waals surface area (Å²) in [5.41, 5.74) is 6.66. The molecule has 3 N–H and O–H groups in total. The van der Waals surface area contributed by atoms with Crippen molar-refractivity contribution in [2.24, 2.45) is 0 Å². The maximum Gasteiger partial charge on any atom is 0.254 e. The predicted octanol–water partition coefficient (Wildman–Crippen LogP) is 0.797. The van der Waals surface area contributed by atoms with Crippen molar-refractivity contribution in [1.82, 2.24) is 15.1 Å². The second kappa shape index (κ2) is 4.73. The van der Waals surface area contributed by atoms with E-state index in [9.17, 15) is 4.79 Å². The van der Waals surface area contributed by atoms with E-state index in [0.29, 0.717) is 24.3 Å². The lowest BCUT2D eigenvalue weighted by Gasteiger charge is -2.03. The zero-order chi connectivity index (χ0) is 12.3. The zero-order valence-corrected chi connectivity index (χ0v) is 9.51. The quantitative estimate of drug-likeness (QED) is 0.819. The Morgan fingerprint density at radius 1 is 1.65 bits per heavy atom. The number of hydrogen-bond acceptors (Lipinski definition) is 4. The molecule has 2 heterocycles. The van der Waals surface area contributed by atoms with Crippen LogP contribution in [0.5, 0.6) is 0 Å². The van der Waals surface area contributed by atoms with Gasteiger partial charge in [-0.1, -0.05) is 0 Å². The summed E-state index contributed by atoms with van der Waals surface area (Å²) >= 11 is 0.